The molecule has 0 radical (unpaired) electrons. The number of aromatic nitrogens is 3. The molecule has 146 valence electrons. The molecule has 4 rings (SSSR count). The summed E-state index contributed by atoms with van der Waals surface area (Å²) in [6.07, 6.45) is 5.65. The van der Waals surface area contributed by atoms with Crippen molar-refractivity contribution in [1.82, 2.24) is 15.0 Å². The van der Waals surface area contributed by atoms with Gasteiger partial charge in [-0.3, -0.25) is 0 Å². The number of rotatable bonds is 4. The molecular weight excluding hydrogens is 354 g/mol. The molecule has 0 aromatic carbocycles. The van der Waals surface area contributed by atoms with Crippen LogP contribution < -0.4 is 14.7 Å². The van der Waals surface area contributed by atoms with Gasteiger partial charge in [-0.2, -0.15) is 10.2 Å². The van der Waals surface area contributed by atoms with Crippen LogP contribution in [-0.2, 0) is 4.74 Å². The van der Waals surface area contributed by atoms with Crippen LogP contribution in [0, 0.1) is 11.3 Å². The number of piperidine rings is 1. The van der Waals surface area contributed by atoms with Crippen LogP contribution in [-0.4, -0.2) is 67.4 Å². The van der Waals surface area contributed by atoms with Crippen molar-refractivity contribution in [3.05, 3.63) is 36.2 Å². The van der Waals surface area contributed by atoms with E-state index in [0.29, 0.717) is 11.6 Å². The van der Waals surface area contributed by atoms with Crippen molar-refractivity contribution in [2.24, 2.45) is 0 Å². The summed E-state index contributed by atoms with van der Waals surface area (Å²) in [7, 11) is 2.07. The van der Waals surface area contributed by atoms with Gasteiger partial charge in [0.05, 0.1) is 18.8 Å². The lowest BCUT2D eigenvalue weighted by atomic mass is 10.0. The van der Waals surface area contributed by atoms with E-state index in [9.17, 15) is 0 Å². The highest BCUT2D eigenvalue weighted by atomic mass is 16.5. The van der Waals surface area contributed by atoms with Crippen molar-refractivity contribution >= 4 is 17.6 Å². The highest BCUT2D eigenvalue weighted by Crippen LogP contribution is 2.24. The number of nitrogens with zero attached hydrogens (tertiary/aromatic N) is 7. The van der Waals surface area contributed by atoms with Crippen LogP contribution in [0.4, 0.5) is 17.6 Å². The van der Waals surface area contributed by atoms with E-state index in [4.69, 9.17) is 15.0 Å². The minimum atomic E-state index is 0.311. The van der Waals surface area contributed by atoms with Crippen molar-refractivity contribution in [3.63, 3.8) is 0 Å². The number of hydrogen-bond donors (Lipinski definition) is 0. The molecule has 0 N–H and O–H groups in total. The molecule has 2 fully saturated rings. The minimum absolute atomic E-state index is 0.311. The second kappa shape index (κ2) is 8.40. The molecular formula is C20H25N7O. The van der Waals surface area contributed by atoms with Gasteiger partial charge in [-0.15, -0.1) is 0 Å². The molecule has 0 amide bonds. The van der Waals surface area contributed by atoms with Gasteiger partial charge in [0.25, 0.3) is 0 Å². The van der Waals surface area contributed by atoms with Crippen LogP contribution in [0.1, 0.15) is 18.4 Å². The molecule has 0 bridgehead atoms. The topological polar surface area (TPSA) is 81.4 Å². The molecule has 2 aromatic heterocycles. The van der Waals surface area contributed by atoms with Crippen molar-refractivity contribution in [2.45, 2.75) is 18.9 Å². The molecule has 8 heteroatoms. The van der Waals surface area contributed by atoms with Crippen molar-refractivity contribution in [3.8, 4) is 6.07 Å². The standard InChI is InChI=1S/C20H25N7O/c1-25(20-22-7-6-19(24-20)26-9-11-28-12-10-26)17-3-2-8-27(15-17)18-5-4-16(13-21)14-23-18/h4-7,14,17H,2-3,8-12,15H2,1H3. The van der Waals surface area contributed by atoms with E-state index in [1.54, 1.807) is 6.20 Å². The first-order chi connectivity index (χ1) is 13.7. The van der Waals surface area contributed by atoms with E-state index in [-0.39, 0.29) is 0 Å². The van der Waals surface area contributed by atoms with Crippen molar-refractivity contribution in [2.75, 3.05) is 61.1 Å². The SMILES string of the molecule is CN(c1nccc(N2CCOCC2)n1)C1CCCN(c2ccc(C#N)cn2)C1. The summed E-state index contributed by atoms with van der Waals surface area (Å²) in [5, 5.41) is 8.96. The molecule has 4 heterocycles. The first kappa shape index (κ1) is 18.4. The molecule has 1 atom stereocenters. The Kier molecular flexibility index (Phi) is 5.53. The number of anilines is 3. The van der Waals surface area contributed by atoms with Gasteiger partial charge >= 0.3 is 0 Å². The zero-order chi connectivity index (χ0) is 19.3. The predicted octanol–water partition coefficient (Wildman–Crippen LogP) is 1.69. The molecule has 2 aliphatic heterocycles. The summed E-state index contributed by atoms with van der Waals surface area (Å²) in [5.74, 6) is 2.63. The number of pyridine rings is 1. The quantitative estimate of drug-likeness (QED) is 0.794. The Labute approximate surface area is 165 Å². The largest absolute Gasteiger partial charge is 0.378 e. The second-order valence-corrected chi connectivity index (χ2v) is 7.18. The van der Waals surface area contributed by atoms with Gasteiger partial charge in [-0.25, -0.2) is 9.97 Å². The molecule has 8 nitrogen and oxygen atoms in total. The third-order valence-corrected chi connectivity index (χ3v) is 5.42. The number of likely N-dealkylation sites (N-methyl/N-ethyl adjacent to an activating group) is 1. The molecule has 28 heavy (non-hydrogen) atoms. The summed E-state index contributed by atoms with van der Waals surface area (Å²) in [6.45, 7) is 5.04. The Morgan fingerprint density at radius 3 is 2.71 bits per heavy atom. The molecule has 0 saturated carbocycles. The maximum absolute atomic E-state index is 8.96. The fourth-order valence-electron chi connectivity index (χ4n) is 3.76. The third-order valence-electron chi connectivity index (χ3n) is 5.42. The normalized spacial score (nSPS) is 19.9. The van der Waals surface area contributed by atoms with E-state index >= 15 is 0 Å². The van der Waals surface area contributed by atoms with Crippen LogP contribution in [0.5, 0.6) is 0 Å². The van der Waals surface area contributed by atoms with Gasteiger partial charge in [-0.05, 0) is 31.0 Å². The fraction of sp³-hybridized carbons (Fsp3) is 0.500. The lowest BCUT2D eigenvalue weighted by Gasteiger charge is -2.38. The number of morpholine rings is 1. The van der Waals surface area contributed by atoms with Crippen LogP contribution in [0.2, 0.25) is 0 Å². The lowest BCUT2D eigenvalue weighted by Crippen LogP contribution is -2.47. The van der Waals surface area contributed by atoms with Gasteiger partial charge in [0.2, 0.25) is 5.95 Å². The van der Waals surface area contributed by atoms with E-state index < -0.39 is 0 Å². The Bertz CT molecular complexity index is 829. The van der Waals surface area contributed by atoms with E-state index in [1.165, 1.54) is 0 Å². The van der Waals surface area contributed by atoms with Gasteiger partial charge in [0, 0.05) is 51.7 Å². The molecule has 2 aromatic rings. The molecule has 1 unspecified atom stereocenters. The monoisotopic (exact) mass is 379 g/mol. The van der Waals surface area contributed by atoms with Gasteiger partial charge < -0.3 is 19.4 Å². The highest BCUT2D eigenvalue weighted by Gasteiger charge is 2.26. The van der Waals surface area contributed by atoms with E-state index in [0.717, 1.165) is 69.8 Å². The Hall–Kier alpha value is -2.92. The van der Waals surface area contributed by atoms with E-state index in [1.807, 2.05) is 24.4 Å². The summed E-state index contributed by atoms with van der Waals surface area (Å²) in [6, 6.07) is 8.15. The summed E-state index contributed by atoms with van der Waals surface area (Å²) >= 11 is 0. The summed E-state index contributed by atoms with van der Waals surface area (Å²) in [4.78, 5) is 20.5. The number of hydrogen-bond acceptors (Lipinski definition) is 8. The van der Waals surface area contributed by atoms with Gasteiger partial charge in [-0.1, -0.05) is 0 Å². The maximum Gasteiger partial charge on any atom is 0.227 e. The Morgan fingerprint density at radius 1 is 1.11 bits per heavy atom. The van der Waals surface area contributed by atoms with E-state index in [2.05, 4.69) is 37.8 Å². The van der Waals surface area contributed by atoms with Crippen LogP contribution in [0.15, 0.2) is 30.6 Å². The zero-order valence-electron chi connectivity index (χ0n) is 16.2. The first-order valence-corrected chi connectivity index (χ1v) is 9.74. The minimum Gasteiger partial charge on any atom is -0.378 e. The van der Waals surface area contributed by atoms with Crippen molar-refractivity contribution in [1.29, 1.82) is 5.26 Å². The number of ether oxygens (including phenoxy) is 1. The smallest absolute Gasteiger partial charge is 0.227 e. The molecule has 2 saturated heterocycles. The number of nitriles is 1. The summed E-state index contributed by atoms with van der Waals surface area (Å²) < 4.78 is 5.44. The molecule has 2 aliphatic rings. The molecule has 0 aliphatic carbocycles. The Balaban J connectivity index is 1.46. The van der Waals surface area contributed by atoms with Crippen LogP contribution in [0.25, 0.3) is 0 Å². The predicted molar refractivity (Wildman–Crippen MR) is 108 cm³/mol. The van der Waals surface area contributed by atoms with Gasteiger partial charge in [0.1, 0.15) is 17.7 Å². The Morgan fingerprint density at radius 2 is 1.96 bits per heavy atom. The third kappa shape index (κ3) is 3.99. The van der Waals surface area contributed by atoms with Gasteiger partial charge in [0.15, 0.2) is 0 Å². The average molecular weight is 379 g/mol. The molecule has 0 spiro atoms. The maximum atomic E-state index is 8.96. The zero-order valence-corrected chi connectivity index (χ0v) is 16.2. The first-order valence-electron chi connectivity index (χ1n) is 9.74. The second-order valence-electron chi connectivity index (χ2n) is 7.18. The average Bonchev–Trinajstić information content (AvgIpc) is 2.79. The van der Waals surface area contributed by atoms with Crippen LogP contribution in [0.3, 0.4) is 0 Å². The summed E-state index contributed by atoms with van der Waals surface area (Å²) in [5.41, 5.74) is 0.586. The van der Waals surface area contributed by atoms with Crippen molar-refractivity contribution < 1.29 is 4.74 Å². The van der Waals surface area contributed by atoms with Crippen LogP contribution >= 0.6 is 0 Å². The lowest BCUT2D eigenvalue weighted by molar-refractivity contribution is 0.122. The highest BCUT2D eigenvalue weighted by molar-refractivity contribution is 5.46. The fourth-order valence-corrected chi connectivity index (χ4v) is 3.76.